The maximum atomic E-state index is 11.9. The summed E-state index contributed by atoms with van der Waals surface area (Å²) in [7, 11) is 0. The third-order valence-corrected chi connectivity index (χ3v) is 13.1. The number of benzene rings is 4. The molecule has 11 rings (SSSR count). The van der Waals surface area contributed by atoms with Crippen LogP contribution in [0, 0.1) is 34.5 Å². The summed E-state index contributed by atoms with van der Waals surface area (Å²) in [5.74, 6) is 1.80. The number of hydrogen-bond acceptors (Lipinski definition) is 6. The molecule has 6 nitrogen and oxygen atoms in total. The van der Waals surface area contributed by atoms with Crippen LogP contribution in [0.25, 0.3) is 32.7 Å². The summed E-state index contributed by atoms with van der Waals surface area (Å²) in [6, 6.07) is 20.8. The van der Waals surface area contributed by atoms with E-state index in [0.717, 1.165) is 61.4 Å². The molecule has 4 saturated carbocycles. The van der Waals surface area contributed by atoms with Gasteiger partial charge in [0, 0.05) is 44.9 Å². The summed E-state index contributed by atoms with van der Waals surface area (Å²) in [5, 5.41) is 16.0. The number of rotatable bonds is 2. The Labute approximate surface area is 276 Å². The van der Waals surface area contributed by atoms with Gasteiger partial charge in [-0.25, -0.2) is 4.89 Å². The topological polar surface area (TPSA) is 66.4 Å². The Morgan fingerprint density at radius 2 is 1.47 bits per heavy atom. The smallest absolute Gasteiger partial charge is 0.262 e. The Morgan fingerprint density at radius 3 is 2.17 bits per heavy atom. The van der Waals surface area contributed by atoms with E-state index in [0.29, 0.717) is 25.0 Å². The third kappa shape index (κ3) is 3.41. The zero-order valence-electron chi connectivity index (χ0n) is 28.0. The van der Waals surface area contributed by atoms with Crippen molar-refractivity contribution in [3.05, 3.63) is 71.8 Å². The van der Waals surface area contributed by atoms with Gasteiger partial charge in [-0.3, -0.25) is 0 Å². The first-order valence-corrected chi connectivity index (χ1v) is 17.6. The van der Waals surface area contributed by atoms with Gasteiger partial charge in [0.2, 0.25) is 5.79 Å². The molecule has 2 saturated heterocycles. The van der Waals surface area contributed by atoms with Gasteiger partial charge in [-0.2, -0.15) is 4.89 Å². The molecule has 47 heavy (non-hydrogen) atoms. The van der Waals surface area contributed by atoms with E-state index in [9.17, 15) is 5.11 Å². The molecule has 4 aliphatic carbocycles. The Hall–Kier alpha value is -3.16. The first-order valence-electron chi connectivity index (χ1n) is 17.6. The molecule has 4 aromatic carbocycles. The molecular formula is C41H44O6. The maximum Gasteiger partial charge on any atom is 0.262 e. The van der Waals surface area contributed by atoms with E-state index in [2.05, 4.69) is 83.1 Å². The van der Waals surface area contributed by atoms with Crippen LogP contribution in [-0.4, -0.2) is 23.1 Å². The van der Waals surface area contributed by atoms with Gasteiger partial charge in [-0.05, 0) is 77.6 Å². The third-order valence-electron chi connectivity index (χ3n) is 13.1. The Bertz CT molecular complexity index is 1960. The summed E-state index contributed by atoms with van der Waals surface area (Å²) < 4.78 is 20.9. The Morgan fingerprint density at radius 1 is 0.745 bits per heavy atom. The zero-order valence-corrected chi connectivity index (χ0v) is 28.0. The van der Waals surface area contributed by atoms with E-state index < -0.39 is 17.2 Å². The van der Waals surface area contributed by atoms with Gasteiger partial charge < -0.3 is 19.3 Å². The lowest BCUT2D eigenvalue weighted by atomic mass is 9.53. The van der Waals surface area contributed by atoms with Crippen LogP contribution in [0.2, 0.25) is 0 Å². The standard InChI is InChI=1S/C41H44O6/c1-37(2,3)41-38(4,5)22-44-40(41,46-47-41)32-12-8-11-31-30(32)13-14-33(42)34(31)35-29-10-7-6-9-25(29)20-26-21-43-39(45-36(26)35)27-16-23-15-24(18-27)19-28(39)17-23/h6-14,20,23-24,27-28,42H,15-19,21-22H2,1-5H3. The van der Waals surface area contributed by atoms with Crippen molar-refractivity contribution in [3.8, 4) is 22.6 Å². The van der Waals surface area contributed by atoms with Crippen molar-refractivity contribution < 1.29 is 29.1 Å². The van der Waals surface area contributed by atoms with Crippen molar-refractivity contribution >= 4 is 21.5 Å². The van der Waals surface area contributed by atoms with Gasteiger partial charge in [-0.1, -0.05) is 83.1 Å². The number of ether oxygens (including phenoxy) is 3. The summed E-state index contributed by atoms with van der Waals surface area (Å²) in [4.78, 5) is 12.3. The van der Waals surface area contributed by atoms with Crippen LogP contribution >= 0.6 is 0 Å². The van der Waals surface area contributed by atoms with Gasteiger partial charge >= 0.3 is 0 Å². The molecule has 0 radical (unpaired) electrons. The molecule has 3 heterocycles. The molecule has 0 amide bonds. The van der Waals surface area contributed by atoms with E-state index in [1.807, 2.05) is 12.1 Å². The first-order chi connectivity index (χ1) is 22.5. The molecule has 7 aliphatic rings. The van der Waals surface area contributed by atoms with Crippen LogP contribution in [0.5, 0.6) is 11.5 Å². The minimum atomic E-state index is -1.09. The van der Waals surface area contributed by atoms with E-state index in [-0.39, 0.29) is 16.6 Å². The monoisotopic (exact) mass is 632 g/mol. The van der Waals surface area contributed by atoms with Crippen LogP contribution in [0.1, 0.15) is 77.8 Å². The highest BCUT2D eigenvalue weighted by Gasteiger charge is 2.81. The van der Waals surface area contributed by atoms with Crippen molar-refractivity contribution in [2.75, 3.05) is 6.61 Å². The van der Waals surface area contributed by atoms with Crippen LogP contribution in [-0.2, 0) is 31.6 Å². The fraction of sp³-hybridized carbons (Fsp3) is 0.512. The molecule has 244 valence electrons. The maximum absolute atomic E-state index is 11.9. The molecule has 4 aromatic rings. The number of fused-ring (bicyclic) bond motifs is 4. The number of phenols is 1. The largest absolute Gasteiger partial charge is 0.507 e. The molecule has 6 heteroatoms. The zero-order chi connectivity index (χ0) is 32.1. The van der Waals surface area contributed by atoms with Gasteiger partial charge in [-0.15, -0.1) is 0 Å². The highest BCUT2D eigenvalue weighted by atomic mass is 17.3. The number of hydrogen-bond donors (Lipinski definition) is 1. The van der Waals surface area contributed by atoms with Crippen molar-refractivity contribution in [2.24, 2.45) is 34.5 Å². The fourth-order valence-electron chi connectivity index (χ4n) is 11.6. The van der Waals surface area contributed by atoms with E-state index >= 15 is 0 Å². The summed E-state index contributed by atoms with van der Waals surface area (Å²) in [6.07, 6.45) is 6.11. The molecule has 1 N–H and O–H groups in total. The predicted octanol–water partition coefficient (Wildman–Crippen LogP) is 9.38. The average molecular weight is 633 g/mol. The Kier molecular flexibility index (Phi) is 5.57. The average Bonchev–Trinajstić information content (AvgIpc) is 3.18. The predicted molar refractivity (Wildman–Crippen MR) is 180 cm³/mol. The minimum absolute atomic E-state index is 0.223. The highest BCUT2D eigenvalue weighted by molar-refractivity contribution is 6.11. The van der Waals surface area contributed by atoms with Gasteiger partial charge in [0.1, 0.15) is 11.5 Å². The van der Waals surface area contributed by atoms with Crippen molar-refractivity contribution in [1.82, 2.24) is 0 Å². The first kappa shape index (κ1) is 28.8. The summed E-state index contributed by atoms with van der Waals surface area (Å²) >= 11 is 0. The molecule has 6 fully saturated rings. The molecule has 2 atom stereocenters. The lowest BCUT2D eigenvalue weighted by molar-refractivity contribution is -0.626. The van der Waals surface area contributed by atoms with Crippen LogP contribution < -0.4 is 4.74 Å². The van der Waals surface area contributed by atoms with Crippen LogP contribution in [0.15, 0.2) is 60.7 Å². The molecule has 2 unspecified atom stereocenters. The van der Waals surface area contributed by atoms with Crippen molar-refractivity contribution in [2.45, 2.75) is 90.5 Å². The number of phenolic OH excluding ortho intramolecular Hbond substituents is 1. The number of aromatic hydroxyl groups is 1. The SMILES string of the molecule is CC(C)(C)C12OOC1(c1cccc3c(-c4c5c(cc6ccccc46)COC4(O5)C5CC6CC(C5)CC4C6)c(O)ccc13)OCC2(C)C. The lowest BCUT2D eigenvalue weighted by Crippen LogP contribution is -2.73. The molecule has 1 spiro atoms. The van der Waals surface area contributed by atoms with Gasteiger partial charge in [0.15, 0.2) is 5.60 Å². The van der Waals surface area contributed by atoms with E-state index in [4.69, 9.17) is 24.0 Å². The van der Waals surface area contributed by atoms with Crippen LogP contribution in [0.3, 0.4) is 0 Å². The highest BCUT2D eigenvalue weighted by Crippen LogP contribution is 2.70. The quantitative estimate of drug-likeness (QED) is 0.222. The van der Waals surface area contributed by atoms with E-state index in [1.54, 1.807) is 0 Å². The molecule has 0 aromatic heterocycles. The van der Waals surface area contributed by atoms with Crippen molar-refractivity contribution in [3.63, 3.8) is 0 Å². The fourth-order valence-corrected chi connectivity index (χ4v) is 11.6. The Balaban J connectivity index is 1.21. The second-order valence-corrected chi connectivity index (χ2v) is 17.1. The summed E-state index contributed by atoms with van der Waals surface area (Å²) in [6.45, 7) is 12.0. The normalized spacial score (nSPS) is 36.4. The molecule has 4 bridgehead atoms. The second kappa shape index (κ2) is 9.09. The minimum Gasteiger partial charge on any atom is -0.507 e. The lowest BCUT2D eigenvalue weighted by Gasteiger charge is -2.61. The second-order valence-electron chi connectivity index (χ2n) is 17.1. The molecule has 3 aliphatic heterocycles. The van der Waals surface area contributed by atoms with Gasteiger partial charge in [0.25, 0.3) is 5.79 Å². The van der Waals surface area contributed by atoms with Crippen LogP contribution in [0.4, 0.5) is 0 Å². The van der Waals surface area contributed by atoms with Gasteiger partial charge in [0.05, 0.1) is 13.2 Å². The van der Waals surface area contributed by atoms with E-state index in [1.165, 1.54) is 32.1 Å². The molecular weight excluding hydrogens is 588 g/mol. The summed E-state index contributed by atoms with van der Waals surface area (Å²) in [5.41, 5.74) is 2.35. The van der Waals surface area contributed by atoms with Crippen molar-refractivity contribution in [1.29, 1.82) is 0 Å².